The normalized spacial score (nSPS) is 14.1. The third-order valence-corrected chi connectivity index (χ3v) is 2.52. The van der Waals surface area contributed by atoms with Crippen molar-refractivity contribution in [3.05, 3.63) is 0 Å². The predicted molar refractivity (Wildman–Crippen MR) is 55.2 cm³/mol. The summed E-state index contributed by atoms with van der Waals surface area (Å²) >= 11 is 0. The molecule has 0 heterocycles. The molecule has 0 aromatic rings. The van der Waals surface area contributed by atoms with E-state index in [1.54, 1.807) is 0 Å². The van der Waals surface area contributed by atoms with Crippen LogP contribution in [0.5, 0.6) is 0 Å². The van der Waals surface area contributed by atoms with Crippen LogP contribution in [0.25, 0.3) is 0 Å². The fourth-order valence-corrected chi connectivity index (χ4v) is 1.82. The highest BCUT2D eigenvalue weighted by atomic mass is 31.2. The van der Waals surface area contributed by atoms with Gasteiger partial charge in [-0.25, -0.2) is 0 Å². The number of hydrogen-bond donors (Lipinski definition) is 2. The van der Waals surface area contributed by atoms with Crippen LogP contribution in [0.4, 0.5) is 0 Å². The van der Waals surface area contributed by atoms with Crippen LogP contribution in [0.2, 0.25) is 0 Å². The average Bonchev–Trinajstić information content (AvgIpc) is 2.02. The quantitative estimate of drug-likeness (QED) is 0.499. The van der Waals surface area contributed by atoms with E-state index in [1.807, 2.05) is 13.8 Å². The van der Waals surface area contributed by atoms with E-state index < -0.39 is 8.60 Å². The summed E-state index contributed by atoms with van der Waals surface area (Å²) in [6.07, 6.45) is 4.38. The van der Waals surface area contributed by atoms with Gasteiger partial charge in [-0.1, -0.05) is 40.0 Å². The molecule has 13 heavy (non-hydrogen) atoms. The Morgan fingerprint density at radius 3 is 2.23 bits per heavy atom. The van der Waals surface area contributed by atoms with Crippen LogP contribution in [0.15, 0.2) is 0 Å². The highest BCUT2D eigenvalue weighted by Gasteiger charge is 2.17. The molecule has 0 aliphatic heterocycles. The number of hydrogen-bond acceptors (Lipinski definition) is 3. The van der Waals surface area contributed by atoms with Gasteiger partial charge >= 0.3 is 8.60 Å². The van der Waals surface area contributed by atoms with Crippen LogP contribution in [0, 0.1) is 5.92 Å². The van der Waals surface area contributed by atoms with Crippen LogP contribution in [-0.2, 0) is 4.52 Å². The van der Waals surface area contributed by atoms with Crippen LogP contribution >= 0.6 is 8.60 Å². The Balaban J connectivity index is 3.67. The van der Waals surface area contributed by atoms with Gasteiger partial charge in [0, 0.05) is 0 Å². The molecule has 0 radical (unpaired) electrons. The van der Waals surface area contributed by atoms with Crippen molar-refractivity contribution >= 4 is 8.60 Å². The molecule has 2 N–H and O–H groups in total. The predicted octanol–water partition coefficient (Wildman–Crippen LogP) is 2.82. The van der Waals surface area contributed by atoms with Crippen molar-refractivity contribution in [1.29, 1.82) is 0 Å². The van der Waals surface area contributed by atoms with Gasteiger partial charge in [0.15, 0.2) is 0 Å². The highest BCUT2D eigenvalue weighted by Crippen LogP contribution is 2.31. The molecule has 1 unspecified atom stereocenters. The van der Waals surface area contributed by atoms with Gasteiger partial charge in [0.2, 0.25) is 0 Å². The summed E-state index contributed by atoms with van der Waals surface area (Å²) in [7, 11) is -2.19. The Bertz CT molecular complexity index is 117. The second-order valence-corrected chi connectivity index (χ2v) is 4.35. The van der Waals surface area contributed by atoms with Gasteiger partial charge < -0.3 is 14.3 Å². The summed E-state index contributed by atoms with van der Waals surface area (Å²) < 4.78 is 5.03. The molecule has 0 fully saturated rings. The van der Waals surface area contributed by atoms with E-state index in [9.17, 15) is 0 Å². The van der Waals surface area contributed by atoms with Gasteiger partial charge in [-0.15, -0.1) is 0 Å². The molecular weight excluding hydrogens is 187 g/mol. The molecular formula is C9H21O3P. The third kappa shape index (κ3) is 7.39. The zero-order valence-corrected chi connectivity index (χ0v) is 9.63. The minimum atomic E-state index is -2.19. The minimum Gasteiger partial charge on any atom is -0.328 e. The fourth-order valence-electron chi connectivity index (χ4n) is 1.22. The van der Waals surface area contributed by atoms with Crippen molar-refractivity contribution in [2.24, 2.45) is 5.92 Å². The molecule has 3 nitrogen and oxygen atoms in total. The first-order valence-corrected chi connectivity index (χ1v) is 6.09. The van der Waals surface area contributed by atoms with Crippen LogP contribution in [-0.4, -0.2) is 15.9 Å². The van der Waals surface area contributed by atoms with Crippen LogP contribution in [0.3, 0.4) is 0 Å². The van der Waals surface area contributed by atoms with E-state index in [-0.39, 0.29) is 6.10 Å². The molecule has 0 spiro atoms. The Kier molecular flexibility index (Phi) is 7.87. The van der Waals surface area contributed by atoms with Crippen molar-refractivity contribution in [2.75, 3.05) is 0 Å². The maximum Gasteiger partial charge on any atom is 0.327 e. The molecule has 0 amide bonds. The van der Waals surface area contributed by atoms with Gasteiger partial charge in [0.1, 0.15) is 0 Å². The van der Waals surface area contributed by atoms with Crippen molar-refractivity contribution < 1.29 is 14.3 Å². The van der Waals surface area contributed by atoms with E-state index in [0.717, 1.165) is 12.8 Å². The van der Waals surface area contributed by atoms with Crippen molar-refractivity contribution in [2.45, 2.75) is 52.6 Å². The topological polar surface area (TPSA) is 49.7 Å². The summed E-state index contributed by atoms with van der Waals surface area (Å²) in [6, 6.07) is 0. The lowest BCUT2D eigenvalue weighted by Gasteiger charge is -2.21. The maximum atomic E-state index is 8.73. The van der Waals surface area contributed by atoms with Gasteiger partial charge in [0.05, 0.1) is 6.10 Å². The number of unbranched alkanes of at least 4 members (excludes halogenated alkanes) is 2. The maximum absolute atomic E-state index is 8.73. The van der Waals surface area contributed by atoms with Gasteiger partial charge in [-0.2, -0.15) is 0 Å². The lowest BCUT2D eigenvalue weighted by molar-refractivity contribution is 0.118. The molecule has 0 aromatic carbocycles. The summed E-state index contributed by atoms with van der Waals surface area (Å²) in [5.74, 6) is 0.348. The smallest absolute Gasteiger partial charge is 0.327 e. The largest absolute Gasteiger partial charge is 0.328 e. The fraction of sp³-hybridized carbons (Fsp3) is 1.00. The van der Waals surface area contributed by atoms with E-state index in [4.69, 9.17) is 14.3 Å². The second kappa shape index (κ2) is 7.69. The molecule has 0 bridgehead atoms. The first-order chi connectivity index (χ1) is 6.07. The molecule has 1 atom stereocenters. The zero-order chi connectivity index (χ0) is 10.3. The van der Waals surface area contributed by atoms with E-state index in [1.165, 1.54) is 12.8 Å². The molecule has 4 heteroatoms. The minimum absolute atomic E-state index is 0.00680. The van der Waals surface area contributed by atoms with E-state index in [0.29, 0.717) is 5.92 Å². The summed E-state index contributed by atoms with van der Waals surface area (Å²) in [4.78, 5) is 17.5. The Morgan fingerprint density at radius 2 is 1.85 bits per heavy atom. The lowest BCUT2D eigenvalue weighted by Crippen LogP contribution is -2.17. The van der Waals surface area contributed by atoms with Crippen LogP contribution in [0.1, 0.15) is 46.5 Å². The molecule has 0 aliphatic carbocycles. The molecule has 0 aliphatic rings. The molecule has 0 aromatic heterocycles. The van der Waals surface area contributed by atoms with E-state index in [2.05, 4.69) is 6.92 Å². The average molecular weight is 208 g/mol. The Morgan fingerprint density at radius 1 is 1.23 bits per heavy atom. The summed E-state index contributed by atoms with van der Waals surface area (Å²) in [5, 5.41) is 0. The Hall–Kier alpha value is 0.310. The van der Waals surface area contributed by atoms with Gasteiger partial charge in [0.25, 0.3) is 0 Å². The summed E-state index contributed by atoms with van der Waals surface area (Å²) in [5.41, 5.74) is 0. The van der Waals surface area contributed by atoms with E-state index >= 15 is 0 Å². The van der Waals surface area contributed by atoms with Crippen molar-refractivity contribution in [1.82, 2.24) is 0 Å². The van der Waals surface area contributed by atoms with Gasteiger partial charge in [-0.3, -0.25) is 0 Å². The SMILES string of the molecule is CCCCCC(OP(O)O)C(C)C. The molecule has 80 valence electrons. The van der Waals surface area contributed by atoms with Crippen molar-refractivity contribution in [3.8, 4) is 0 Å². The third-order valence-electron chi connectivity index (χ3n) is 2.07. The second-order valence-electron chi connectivity index (χ2n) is 3.64. The first-order valence-electron chi connectivity index (χ1n) is 4.92. The molecule has 0 rings (SSSR count). The van der Waals surface area contributed by atoms with Crippen LogP contribution < -0.4 is 0 Å². The van der Waals surface area contributed by atoms with Crippen molar-refractivity contribution in [3.63, 3.8) is 0 Å². The standard InChI is InChI=1S/C9H21O3P/c1-4-5-6-7-9(8(2)3)12-13(10)11/h8-11H,4-7H2,1-3H3. The lowest BCUT2D eigenvalue weighted by atomic mass is 10.0. The summed E-state index contributed by atoms with van der Waals surface area (Å²) in [6.45, 7) is 6.22. The zero-order valence-electron chi connectivity index (χ0n) is 8.73. The highest BCUT2D eigenvalue weighted by molar-refractivity contribution is 7.39. The number of rotatable bonds is 7. The monoisotopic (exact) mass is 208 g/mol. The first kappa shape index (κ1) is 13.3. The Labute approximate surface area is 82.1 Å². The molecule has 0 saturated carbocycles. The van der Waals surface area contributed by atoms with Gasteiger partial charge in [-0.05, 0) is 12.3 Å². The molecule has 0 saturated heterocycles.